The van der Waals surface area contributed by atoms with E-state index in [0.717, 1.165) is 23.6 Å². The summed E-state index contributed by atoms with van der Waals surface area (Å²) in [6, 6.07) is 14.5. The number of hydrogen-bond donors (Lipinski definition) is 1. The molecular weight excluding hydrogens is 385 g/mol. The second kappa shape index (κ2) is 6.33. The van der Waals surface area contributed by atoms with Crippen LogP contribution < -0.4 is 10.1 Å². The number of para-hydroxylation sites is 1. The van der Waals surface area contributed by atoms with Crippen molar-refractivity contribution >= 4 is 34.2 Å². The molecule has 1 saturated carbocycles. The molecule has 0 aliphatic heterocycles. The Labute approximate surface area is 137 Å². The van der Waals surface area contributed by atoms with E-state index in [9.17, 15) is 0 Å². The van der Waals surface area contributed by atoms with Gasteiger partial charge in [0.15, 0.2) is 0 Å². The molecule has 0 unspecified atom stereocenters. The van der Waals surface area contributed by atoms with Gasteiger partial charge in [0, 0.05) is 21.7 Å². The Bertz CT molecular complexity index is 596. The highest BCUT2D eigenvalue weighted by Gasteiger charge is 2.21. The minimum Gasteiger partial charge on any atom is -0.455 e. The lowest BCUT2D eigenvalue weighted by molar-refractivity contribution is 0.472. The lowest BCUT2D eigenvalue weighted by Gasteiger charge is -2.13. The molecule has 1 fully saturated rings. The highest BCUT2D eigenvalue weighted by Crippen LogP contribution is 2.33. The first-order chi connectivity index (χ1) is 9.72. The predicted molar refractivity (Wildman–Crippen MR) is 90.5 cm³/mol. The van der Waals surface area contributed by atoms with Gasteiger partial charge in [0.25, 0.3) is 0 Å². The number of hydrogen-bond acceptors (Lipinski definition) is 2. The summed E-state index contributed by atoms with van der Waals surface area (Å²) in [5.74, 6) is 1.56. The fraction of sp³-hybridized carbons (Fsp3) is 0.250. The first-order valence-electron chi connectivity index (χ1n) is 6.66. The van der Waals surface area contributed by atoms with Crippen LogP contribution in [-0.4, -0.2) is 6.04 Å². The molecule has 2 aromatic carbocycles. The van der Waals surface area contributed by atoms with Crippen LogP contribution in [-0.2, 0) is 6.54 Å². The lowest BCUT2D eigenvalue weighted by Crippen LogP contribution is -2.15. The Morgan fingerprint density at radius 2 is 1.90 bits per heavy atom. The number of benzene rings is 2. The zero-order chi connectivity index (χ0) is 13.9. The monoisotopic (exact) mass is 399 g/mol. The van der Waals surface area contributed by atoms with Crippen molar-refractivity contribution in [3.8, 4) is 11.5 Å². The van der Waals surface area contributed by atoms with Crippen molar-refractivity contribution in [1.82, 2.24) is 5.32 Å². The molecule has 0 atom stereocenters. The normalized spacial score (nSPS) is 14.3. The largest absolute Gasteiger partial charge is 0.455 e. The minimum absolute atomic E-state index is 0.652. The zero-order valence-corrected chi connectivity index (χ0v) is 13.8. The predicted octanol–water partition coefficient (Wildman–Crippen LogP) is 4.99. The third kappa shape index (κ3) is 3.65. The van der Waals surface area contributed by atoms with Crippen LogP contribution in [0.3, 0.4) is 0 Å². The minimum atomic E-state index is 0.652. The summed E-state index contributed by atoms with van der Waals surface area (Å²) in [4.78, 5) is 0. The Balaban J connectivity index is 1.80. The topological polar surface area (TPSA) is 21.3 Å². The van der Waals surface area contributed by atoms with Crippen LogP contribution >= 0.6 is 34.2 Å². The molecule has 1 N–H and O–H groups in total. The first-order valence-corrected chi connectivity index (χ1v) is 8.12. The van der Waals surface area contributed by atoms with Crippen molar-refractivity contribution in [2.45, 2.75) is 25.4 Å². The van der Waals surface area contributed by atoms with Crippen LogP contribution in [0.1, 0.15) is 18.4 Å². The standard InChI is InChI=1S/C16H15ClINO/c17-15-3-1-2-11(10-19-13-6-7-13)16(15)20-14-8-4-12(18)5-9-14/h1-5,8-9,13,19H,6-7,10H2. The van der Waals surface area contributed by atoms with Crippen LogP contribution in [0, 0.1) is 3.57 Å². The van der Waals surface area contributed by atoms with Crippen LogP contribution in [0.4, 0.5) is 0 Å². The summed E-state index contributed by atoms with van der Waals surface area (Å²) in [5, 5.41) is 4.15. The van der Waals surface area contributed by atoms with E-state index < -0.39 is 0 Å². The molecule has 0 heterocycles. The van der Waals surface area contributed by atoms with Crippen LogP contribution in [0.5, 0.6) is 11.5 Å². The zero-order valence-electron chi connectivity index (χ0n) is 10.9. The van der Waals surface area contributed by atoms with Crippen molar-refractivity contribution in [2.75, 3.05) is 0 Å². The molecule has 0 saturated heterocycles. The van der Waals surface area contributed by atoms with E-state index in [-0.39, 0.29) is 0 Å². The summed E-state index contributed by atoms with van der Waals surface area (Å²) in [7, 11) is 0. The molecule has 104 valence electrons. The van der Waals surface area contributed by atoms with Gasteiger partial charge in [-0.25, -0.2) is 0 Å². The van der Waals surface area contributed by atoms with Crippen molar-refractivity contribution < 1.29 is 4.74 Å². The second-order valence-electron chi connectivity index (χ2n) is 4.94. The van der Waals surface area contributed by atoms with E-state index in [1.807, 2.05) is 36.4 Å². The van der Waals surface area contributed by atoms with Gasteiger partial charge in [-0.2, -0.15) is 0 Å². The fourth-order valence-corrected chi connectivity index (χ4v) is 2.56. The van der Waals surface area contributed by atoms with Crippen LogP contribution in [0.25, 0.3) is 0 Å². The van der Waals surface area contributed by atoms with Gasteiger partial charge in [0.1, 0.15) is 11.5 Å². The van der Waals surface area contributed by atoms with Gasteiger partial charge >= 0.3 is 0 Å². The Hall–Kier alpha value is -0.780. The van der Waals surface area contributed by atoms with Crippen molar-refractivity contribution in [3.05, 3.63) is 56.6 Å². The molecule has 0 aromatic heterocycles. The molecule has 0 radical (unpaired) electrons. The Kier molecular flexibility index (Phi) is 4.48. The lowest BCUT2D eigenvalue weighted by atomic mass is 10.2. The maximum absolute atomic E-state index is 6.29. The molecule has 1 aliphatic rings. The number of rotatable bonds is 5. The first kappa shape index (κ1) is 14.2. The molecule has 2 nitrogen and oxygen atoms in total. The number of ether oxygens (including phenoxy) is 1. The highest BCUT2D eigenvalue weighted by atomic mass is 127. The Morgan fingerprint density at radius 1 is 1.15 bits per heavy atom. The van der Waals surface area contributed by atoms with Gasteiger partial charge in [-0.1, -0.05) is 23.7 Å². The number of nitrogens with one attached hydrogen (secondary N) is 1. The molecule has 1 aliphatic carbocycles. The van der Waals surface area contributed by atoms with Gasteiger partial charge < -0.3 is 10.1 Å². The van der Waals surface area contributed by atoms with Gasteiger partial charge in [0.05, 0.1) is 5.02 Å². The smallest absolute Gasteiger partial charge is 0.150 e. The van der Waals surface area contributed by atoms with Gasteiger partial charge in [0.2, 0.25) is 0 Å². The molecule has 3 rings (SSSR count). The molecule has 0 spiro atoms. The van der Waals surface area contributed by atoms with E-state index in [2.05, 4.69) is 34.0 Å². The molecule has 2 aromatic rings. The fourth-order valence-electron chi connectivity index (χ4n) is 1.97. The van der Waals surface area contributed by atoms with E-state index in [0.29, 0.717) is 11.1 Å². The maximum atomic E-state index is 6.29. The third-order valence-electron chi connectivity index (χ3n) is 3.24. The summed E-state index contributed by atoms with van der Waals surface area (Å²) < 4.78 is 7.16. The molecule has 20 heavy (non-hydrogen) atoms. The van der Waals surface area contributed by atoms with Crippen molar-refractivity contribution in [1.29, 1.82) is 0 Å². The van der Waals surface area contributed by atoms with Crippen LogP contribution in [0.2, 0.25) is 5.02 Å². The Morgan fingerprint density at radius 3 is 2.60 bits per heavy atom. The SMILES string of the molecule is Clc1cccc(CNC2CC2)c1Oc1ccc(I)cc1. The molecule has 0 bridgehead atoms. The summed E-state index contributed by atoms with van der Waals surface area (Å²) in [5.41, 5.74) is 1.10. The van der Waals surface area contributed by atoms with Crippen LogP contribution in [0.15, 0.2) is 42.5 Å². The average Bonchev–Trinajstić information content (AvgIpc) is 3.26. The molecule has 0 amide bonds. The summed E-state index contributed by atoms with van der Waals surface area (Å²) in [6.07, 6.45) is 2.54. The average molecular weight is 400 g/mol. The van der Waals surface area contributed by atoms with Crippen molar-refractivity contribution in [3.63, 3.8) is 0 Å². The molecular formula is C16H15ClINO. The quantitative estimate of drug-likeness (QED) is 0.715. The second-order valence-corrected chi connectivity index (χ2v) is 6.59. The van der Waals surface area contributed by atoms with Gasteiger partial charge in [-0.15, -0.1) is 0 Å². The van der Waals surface area contributed by atoms with E-state index in [1.165, 1.54) is 16.4 Å². The van der Waals surface area contributed by atoms with Gasteiger partial charge in [-0.05, 0) is 65.8 Å². The molecule has 4 heteroatoms. The van der Waals surface area contributed by atoms with E-state index in [1.54, 1.807) is 0 Å². The maximum Gasteiger partial charge on any atom is 0.150 e. The third-order valence-corrected chi connectivity index (χ3v) is 4.26. The summed E-state index contributed by atoms with van der Waals surface area (Å²) >= 11 is 8.56. The van der Waals surface area contributed by atoms with Gasteiger partial charge in [-0.3, -0.25) is 0 Å². The van der Waals surface area contributed by atoms with Crippen molar-refractivity contribution in [2.24, 2.45) is 0 Å². The highest BCUT2D eigenvalue weighted by molar-refractivity contribution is 14.1. The number of halogens is 2. The van der Waals surface area contributed by atoms with E-state index in [4.69, 9.17) is 16.3 Å². The summed E-state index contributed by atoms with van der Waals surface area (Å²) in [6.45, 7) is 0.797. The van der Waals surface area contributed by atoms with E-state index >= 15 is 0 Å².